The van der Waals surface area contributed by atoms with Gasteiger partial charge in [-0.3, -0.25) is 4.90 Å². The average molecular weight is 269 g/mol. The van der Waals surface area contributed by atoms with Gasteiger partial charge in [0.25, 0.3) is 0 Å². The summed E-state index contributed by atoms with van der Waals surface area (Å²) in [6, 6.07) is 0.598. The van der Waals surface area contributed by atoms with Crippen LogP contribution in [0.5, 0.6) is 0 Å². The number of likely N-dealkylation sites (tertiary alicyclic amines) is 1. The van der Waals surface area contributed by atoms with E-state index < -0.39 is 0 Å². The Morgan fingerprint density at radius 1 is 1.21 bits per heavy atom. The van der Waals surface area contributed by atoms with E-state index in [1.165, 1.54) is 45.3 Å². The first-order valence-electron chi connectivity index (χ1n) is 8.12. The van der Waals surface area contributed by atoms with Crippen molar-refractivity contribution in [1.82, 2.24) is 9.80 Å². The van der Waals surface area contributed by atoms with E-state index in [0.717, 1.165) is 6.54 Å². The van der Waals surface area contributed by atoms with Crippen LogP contribution in [0.4, 0.5) is 0 Å². The Kier molecular flexibility index (Phi) is 6.78. The molecule has 3 heteroatoms. The summed E-state index contributed by atoms with van der Waals surface area (Å²) in [6.45, 7) is 13.7. The molecule has 1 fully saturated rings. The number of nitrogens with zero attached hydrogens (tertiary/aromatic N) is 2. The molecule has 0 saturated carbocycles. The van der Waals surface area contributed by atoms with Crippen LogP contribution in [0, 0.1) is 5.92 Å². The lowest BCUT2D eigenvalue weighted by atomic mass is 9.86. The highest BCUT2D eigenvalue weighted by molar-refractivity contribution is 4.95. The summed E-state index contributed by atoms with van der Waals surface area (Å²) < 4.78 is 0. The lowest BCUT2D eigenvalue weighted by molar-refractivity contribution is 0.0502. The molecule has 0 aromatic heterocycles. The van der Waals surface area contributed by atoms with Gasteiger partial charge in [0.1, 0.15) is 0 Å². The molecule has 2 N–H and O–H groups in total. The number of rotatable bonds is 6. The van der Waals surface area contributed by atoms with Gasteiger partial charge in [-0.2, -0.15) is 0 Å². The van der Waals surface area contributed by atoms with Crippen molar-refractivity contribution in [2.24, 2.45) is 11.7 Å². The van der Waals surface area contributed by atoms with E-state index in [4.69, 9.17) is 5.73 Å². The smallest absolute Gasteiger partial charge is 0.0344 e. The molecule has 0 spiro atoms. The van der Waals surface area contributed by atoms with Crippen LogP contribution >= 0.6 is 0 Å². The highest BCUT2D eigenvalue weighted by Gasteiger charge is 2.37. The molecular weight excluding hydrogens is 234 g/mol. The zero-order chi connectivity index (χ0) is 14.5. The highest BCUT2D eigenvalue weighted by Crippen LogP contribution is 2.30. The monoisotopic (exact) mass is 269 g/mol. The fourth-order valence-corrected chi connectivity index (χ4v) is 3.35. The van der Waals surface area contributed by atoms with Crippen molar-refractivity contribution in [1.29, 1.82) is 0 Å². The molecule has 2 atom stereocenters. The first-order valence-corrected chi connectivity index (χ1v) is 8.12. The van der Waals surface area contributed by atoms with Crippen LogP contribution in [0.3, 0.4) is 0 Å². The number of nitrogens with two attached hydrogens (primary N) is 1. The average Bonchev–Trinajstić information content (AvgIpc) is 2.61. The van der Waals surface area contributed by atoms with Gasteiger partial charge in [-0.15, -0.1) is 0 Å². The van der Waals surface area contributed by atoms with E-state index in [-0.39, 0.29) is 5.54 Å². The zero-order valence-corrected chi connectivity index (χ0v) is 13.8. The molecule has 1 rings (SSSR count). The van der Waals surface area contributed by atoms with Crippen molar-refractivity contribution in [2.75, 3.05) is 33.2 Å². The maximum absolute atomic E-state index is 6.21. The molecule has 2 unspecified atom stereocenters. The van der Waals surface area contributed by atoms with Crippen LogP contribution < -0.4 is 5.73 Å². The van der Waals surface area contributed by atoms with Gasteiger partial charge in [0.2, 0.25) is 0 Å². The third-order valence-electron chi connectivity index (χ3n) is 5.25. The fourth-order valence-electron chi connectivity index (χ4n) is 3.35. The predicted molar refractivity (Wildman–Crippen MR) is 84.4 cm³/mol. The number of hydrogen-bond acceptors (Lipinski definition) is 3. The summed E-state index contributed by atoms with van der Waals surface area (Å²) in [5, 5.41) is 0. The van der Waals surface area contributed by atoms with E-state index in [9.17, 15) is 0 Å². The molecule has 0 aromatic rings. The lowest BCUT2D eigenvalue weighted by Crippen LogP contribution is -2.56. The SMILES string of the molecule is CCCN1CCCC(CN)(N(C)C(C)C(C)C)CC1. The normalized spacial score (nSPS) is 27.8. The van der Waals surface area contributed by atoms with E-state index in [1.807, 2.05) is 0 Å². The van der Waals surface area contributed by atoms with Gasteiger partial charge in [-0.05, 0) is 65.2 Å². The second-order valence-electron chi connectivity index (χ2n) is 6.72. The molecule has 0 aliphatic carbocycles. The molecule has 0 aromatic carbocycles. The molecule has 1 aliphatic heterocycles. The molecule has 0 bridgehead atoms. The van der Waals surface area contributed by atoms with Gasteiger partial charge in [-0.25, -0.2) is 0 Å². The maximum atomic E-state index is 6.21. The molecule has 0 radical (unpaired) electrons. The van der Waals surface area contributed by atoms with Crippen molar-refractivity contribution in [2.45, 2.75) is 65.0 Å². The molecule has 1 aliphatic rings. The summed E-state index contributed by atoms with van der Waals surface area (Å²) >= 11 is 0. The molecule has 114 valence electrons. The molecular formula is C16H35N3. The number of hydrogen-bond donors (Lipinski definition) is 1. The third kappa shape index (κ3) is 4.17. The largest absolute Gasteiger partial charge is 0.329 e. The van der Waals surface area contributed by atoms with Crippen molar-refractivity contribution >= 4 is 0 Å². The van der Waals surface area contributed by atoms with Gasteiger partial charge in [0.05, 0.1) is 0 Å². The van der Waals surface area contributed by atoms with Gasteiger partial charge < -0.3 is 10.6 Å². The zero-order valence-electron chi connectivity index (χ0n) is 13.8. The quantitative estimate of drug-likeness (QED) is 0.804. The second kappa shape index (κ2) is 7.61. The van der Waals surface area contributed by atoms with Gasteiger partial charge in [0.15, 0.2) is 0 Å². The van der Waals surface area contributed by atoms with Gasteiger partial charge in [0, 0.05) is 18.1 Å². The minimum Gasteiger partial charge on any atom is -0.329 e. The van der Waals surface area contributed by atoms with E-state index in [1.54, 1.807) is 0 Å². The molecule has 1 saturated heterocycles. The van der Waals surface area contributed by atoms with Crippen LogP contribution in [-0.2, 0) is 0 Å². The van der Waals surface area contributed by atoms with E-state index in [0.29, 0.717) is 12.0 Å². The molecule has 19 heavy (non-hydrogen) atoms. The predicted octanol–water partition coefficient (Wildman–Crippen LogP) is 2.56. The van der Waals surface area contributed by atoms with Crippen molar-refractivity contribution in [3.63, 3.8) is 0 Å². The van der Waals surface area contributed by atoms with Crippen LogP contribution in [0.1, 0.15) is 53.4 Å². The van der Waals surface area contributed by atoms with E-state index in [2.05, 4.69) is 44.5 Å². The third-order valence-corrected chi connectivity index (χ3v) is 5.25. The van der Waals surface area contributed by atoms with Crippen LogP contribution in [0.15, 0.2) is 0 Å². The topological polar surface area (TPSA) is 32.5 Å². The molecule has 3 nitrogen and oxygen atoms in total. The minimum atomic E-state index is 0.214. The Morgan fingerprint density at radius 2 is 1.89 bits per heavy atom. The van der Waals surface area contributed by atoms with Crippen molar-refractivity contribution < 1.29 is 0 Å². The summed E-state index contributed by atoms with van der Waals surface area (Å²) in [5.41, 5.74) is 6.42. The summed E-state index contributed by atoms with van der Waals surface area (Å²) in [6.07, 6.45) is 5.01. The maximum Gasteiger partial charge on any atom is 0.0344 e. The van der Waals surface area contributed by atoms with Crippen LogP contribution in [0.25, 0.3) is 0 Å². The van der Waals surface area contributed by atoms with Crippen molar-refractivity contribution in [3.8, 4) is 0 Å². The second-order valence-corrected chi connectivity index (χ2v) is 6.72. The lowest BCUT2D eigenvalue weighted by Gasteiger charge is -2.45. The molecule has 0 amide bonds. The van der Waals surface area contributed by atoms with Crippen LogP contribution in [-0.4, -0.2) is 54.6 Å². The first-order chi connectivity index (χ1) is 8.96. The minimum absolute atomic E-state index is 0.214. The Labute approximate surface area is 120 Å². The van der Waals surface area contributed by atoms with Gasteiger partial charge in [-0.1, -0.05) is 20.8 Å². The molecule has 1 heterocycles. The first kappa shape index (κ1) is 16.9. The standard InChI is InChI=1S/C16H35N3/c1-6-10-19-11-7-8-16(13-17,9-12-19)18(5)15(4)14(2)3/h14-15H,6-13,17H2,1-5H3. The van der Waals surface area contributed by atoms with Gasteiger partial charge >= 0.3 is 0 Å². The highest BCUT2D eigenvalue weighted by atomic mass is 15.2. The summed E-state index contributed by atoms with van der Waals surface area (Å²) in [5.74, 6) is 0.684. The van der Waals surface area contributed by atoms with Crippen molar-refractivity contribution in [3.05, 3.63) is 0 Å². The number of likely N-dealkylation sites (N-methyl/N-ethyl adjacent to an activating group) is 1. The summed E-state index contributed by atoms with van der Waals surface area (Å²) in [7, 11) is 2.28. The Balaban J connectivity index is 2.74. The van der Waals surface area contributed by atoms with Crippen LogP contribution in [0.2, 0.25) is 0 Å². The Bertz CT molecular complexity index is 254. The fraction of sp³-hybridized carbons (Fsp3) is 1.00. The Hall–Kier alpha value is -0.120. The summed E-state index contributed by atoms with van der Waals surface area (Å²) in [4.78, 5) is 5.19. The van der Waals surface area contributed by atoms with E-state index >= 15 is 0 Å². The Morgan fingerprint density at radius 3 is 2.42 bits per heavy atom.